The second-order valence-electron chi connectivity index (χ2n) is 3.55. The van der Waals surface area contributed by atoms with Crippen molar-refractivity contribution >= 4 is 10.0 Å². The monoisotopic (exact) mass is 256 g/mol. The fourth-order valence-corrected chi connectivity index (χ4v) is 2.82. The minimum absolute atomic E-state index is 0.0945. The van der Waals surface area contributed by atoms with Gasteiger partial charge in [0.25, 0.3) is 0 Å². The maximum Gasteiger partial charge on any atom is 0.246 e. The maximum absolute atomic E-state index is 12.0. The quantitative estimate of drug-likeness (QED) is 0.829. The van der Waals surface area contributed by atoms with Crippen LogP contribution in [0.2, 0.25) is 0 Å². The summed E-state index contributed by atoms with van der Waals surface area (Å²) in [5, 5.41) is 3.61. The van der Waals surface area contributed by atoms with Crippen LogP contribution in [0.15, 0.2) is 21.9 Å². The predicted molar refractivity (Wildman–Crippen MR) is 58.6 cm³/mol. The van der Waals surface area contributed by atoms with E-state index in [0.717, 1.165) is 0 Å². The predicted octanol–water partition coefficient (Wildman–Crippen LogP) is 0.493. The van der Waals surface area contributed by atoms with E-state index in [1.807, 2.05) is 0 Å². The van der Waals surface area contributed by atoms with Crippen molar-refractivity contribution in [2.24, 2.45) is 0 Å². The highest BCUT2D eigenvalue weighted by molar-refractivity contribution is 7.89. The molecule has 0 aliphatic rings. The van der Waals surface area contributed by atoms with Crippen LogP contribution >= 0.6 is 0 Å². The van der Waals surface area contributed by atoms with Crippen molar-refractivity contribution in [3.8, 4) is 0 Å². The standard InChI is InChI=1S/C9H12N4O3S/c1-6-9(7(2)16-13-6)17(14,15)12-4-8-3-10-5-11-8/h3,5,12H,4H2,1-2H3,(H,10,11). The Bertz CT molecular complexity index is 581. The number of hydrogen-bond acceptors (Lipinski definition) is 5. The number of aromatic amines is 1. The third-order valence-electron chi connectivity index (χ3n) is 2.24. The number of sulfonamides is 1. The fraction of sp³-hybridized carbons (Fsp3) is 0.333. The van der Waals surface area contributed by atoms with Crippen LogP contribution in [0.5, 0.6) is 0 Å². The number of nitrogens with zero attached hydrogens (tertiary/aromatic N) is 2. The minimum atomic E-state index is -3.61. The van der Waals surface area contributed by atoms with Crippen LogP contribution in [-0.4, -0.2) is 23.5 Å². The third kappa shape index (κ3) is 2.37. The molecule has 0 radical (unpaired) electrons. The zero-order chi connectivity index (χ0) is 12.5. The van der Waals surface area contributed by atoms with Crippen LogP contribution in [-0.2, 0) is 16.6 Å². The van der Waals surface area contributed by atoms with Crippen LogP contribution in [0.25, 0.3) is 0 Å². The summed E-state index contributed by atoms with van der Waals surface area (Å²) in [7, 11) is -3.61. The summed E-state index contributed by atoms with van der Waals surface area (Å²) >= 11 is 0. The number of H-pyrrole nitrogens is 1. The SMILES string of the molecule is Cc1noc(C)c1S(=O)(=O)NCc1cnc[nH]1. The van der Waals surface area contributed by atoms with Gasteiger partial charge in [0.1, 0.15) is 10.6 Å². The first-order valence-corrected chi connectivity index (χ1v) is 6.39. The Morgan fingerprint density at radius 1 is 1.47 bits per heavy atom. The smallest absolute Gasteiger partial charge is 0.246 e. The van der Waals surface area contributed by atoms with Crippen molar-refractivity contribution in [2.45, 2.75) is 25.3 Å². The van der Waals surface area contributed by atoms with Gasteiger partial charge in [-0.15, -0.1) is 0 Å². The number of aryl methyl sites for hydroxylation is 2. The van der Waals surface area contributed by atoms with E-state index in [1.54, 1.807) is 20.0 Å². The Morgan fingerprint density at radius 2 is 2.24 bits per heavy atom. The van der Waals surface area contributed by atoms with Crippen LogP contribution < -0.4 is 4.72 Å². The molecular weight excluding hydrogens is 244 g/mol. The van der Waals surface area contributed by atoms with Gasteiger partial charge >= 0.3 is 0 Å². The van der Waals surface area contributed by atoms with Gasteiger partial charge in [0.15, 0.2) is 5.76 Å². The van der Waals surface area contributed by atoms with Crippen LogP contribution in [0.4, 0.5) is 0 Å². The Morgan fingerprint density at radius 3 is 2.76 bits per heavy atom. The number of imidazole rings is 1. The van der Waals surface area contributed by atoms with Gasteiger partial charge in [0.2, 0.25) is 10.0 Å². The molecular formula is C9H12N4O3S. The van der Waals surface area contributed by atoms with E-state index in [1.165, 1.54) is 6.33 Å². The molecule has 8 heteroatoms. The van der Waals surface area contributed by atoms with E-state index in [9.17, 15) is 8.42 Å². The molecule has 2 heterocycles. The molecule has 0 aromatic carbocycles. The van der Waals surface area contributed by atoms with Gasteiger partial charge in [0.05, 0.1) is 12.9 Å². The number of rotatable bonds is 4. The van der Waals surface area contributed by atoms with E-state index in [2.05, 4.69) is 19.8 Å². The topological polar surface area (TPSA) is 101 Å². The zero-order valence-electron chi connectivity index (χ0n) is 9.39. The molecule has 0 spiro atoms. The summed E-state index contributed by atoms with van der Waals surface area (Å²) in [6, 6.07) is 0. The lowest BCUT2D eigenvalue weighted by atomic mass is 10.4. The van der Waals surface area contributed by atoms with Crippen molar-refractivity contribution in [3.63, 3.8) is 0 Å². The minimum Gasteiger partial charge on any atom is -0.360 e. The number of nitrogens with one attached hydrogen (secondary N) is 2. The first-order chi connectivity index (χ1) is 8.00. The molecule has 0 amide bonds. The molecule has 0 saturated carbocycles. The number of hydrogen-bond donors (Lipinski definition) is 2. The Kier molecular flexibility index (Phi) is 2.99. The van der Waals surface area contributed by atoms with E-state index in [0.29, 0.717) is 11.4 Å². The normalized spacial score (nSPS) is 11.9. The van der Waals surface area contributed by atoms with Gasteiger partial charge in [-0.25, -0.2) is 18.1 Å². The average molecular weight is 256 g/mol. The van der Waals surface area contributed by atoms with Gasteiger partial charge in [0, 0.05) is 11.9 Å². The van der Waals surface area contributed by atoms with Gasteiger partial charge in [-0.1, -0.05) is 5.16 Å². The molecule has 2 aromatic rings. The van der Waals surface area contributed by atoms with E-state index >= 15 is 0 Å². The molecule has 0 saturated heterocycles. The van der Waals surface area contributed by atoms with Gasteiger partial charge in [-0.2, -0.15) is 0 Å². The molecule has 2 rings (SSSR count). The first kappa shape index (κ1) is 11.8. The molecule has 0 unspecified atom stereocenters. The second-order valence-corrected chi connectivity index (χ2v) is 5.26. The van der Waals surface area contributed by atoms with Crippen LogP contribution in [0.1, 0.15) is 17.1 Å². The van der Waals surface area contributed by atoms with Crippen LogP contribution in [0, 0.1) is 13.8 Å². The second kappa shape index (κ2) is 4.30. The molecule has 0 atom stereocenters. The molecule has 2 aromatic heterocycles. The summed E-state index contributed by atoms with van der Waals surface area (Å²) in [6.45, 7) is 3.29. The van der Waals surface area contributed by atoms with Crippen molar-refractivity contribution in [3.05, 3.63) is 29.7 Å². The highest BCUT2D eigenvalue weighted by atomic mass is 32.2. The molecule has 0 aliphatic heterocycles. The molecule has 2 N–H and O–H groups in total. The highest BCUT2D eigenvalue weighted by Gasteiger charge is 2.23. The molecule has 7 nitrogen and oxygen atoms in total. The molecule has 0 aliphatic carbocycles. The van der Waals surface area contributed by atoms with E-state index in [4.69, 9.17) is 4.52 Å². The summed E-state index contributed by atoms with van der Waals surface area (Å²) in [5.74, 6) is 0.277. The summed E-state index contributed by atoms with van der Waals surface area (Å²) < 4.78 is 31.2. The Balaban J connectivity index is 2.20. The van der Waals surface area contributed by atoms with E-state index < -0.39 is 10.0 Å². The fourth-order valence-electron chi connectivity index (χ4n) is 1.48. The van der Waals surface area contributed by atoms with Crippen LogP contribution in [0.3, 0.4) is 0 Å². The average Bonchev–Trinajstić information content (AvgIpc) is 2.86. The third-order valence-corrected chi connectivity index (χ3v) is 3.89. The van der Waals surface area contributed by atoms with Gasteiger partial charge < -0.3 is 9.51 Å². The number of aromatic nitrogens is 3. The first-order valence-electron chi connectivity index (χ1n) is 4.90. The summed E-state index contributed by atoms with van der Waals surface area (Å²) in [4.78, 5) is 6.70. The molecule has 0 bridgehead atoms. The lowest BCUT2D eigenvalue weighted by molar-refractivity contribution is 0.390. The molecule has 0 fully saturated rings. The van der Waals surface area contributed by atoms with Crippen molar-refractivity contribution in [1.29, 1.82) is 0 Å². The lowest BCUT2D eigenvalue weighted by Crippen LogP contribution is -2.24. The summed E-state index contributed by atoms with van der Waals surface area (Å²) in [5.41, 5.74) is 1.03. The lowest BCUT2D eigenvalue weighted by Gasteiger charge is -2.04. The molecule has 17 heavy (non-hydrogen) atoms. The van der Waals surface area contributed by atoms with Crippen molar-refractivity contribution < 1.29 is 12.9 Å². The highest BCUT2D eigenvalue weighted by Crippen LogP contribution is 2.18. The largest absolute Gasteiger partial charge is 0.360 e. The van der Waals surface area contributed by atoms with Crippen molar-refractivity contribution in [1.82, 2.24) is 19.8 Å². The zero-order valence-corrected chi connectivity index (χ0v) is 10.2. The van der Waals surface area contributed by atoms with Crippen molar-refractivity contribution in [2.75, 3.05) is 0 Å². The van der Waals surface area contributed by atoms with Gasteiger partial charge in [-0.05, 0) is 13.8 Å². The summed E-state index contributed by atoms with van der Waals surface area (Å²) in [6.07, 6.45) is 3.04. The Hall–Kier alpha value is -1.67. The van der Waals surface area contributed by atoms with Gasteiger partial charge in [-0.3, -0.25) is 0 Å². The Labute approximate surface area is 98.3 Å². The molecule has 92 valence electrons. The maximum atomic E-state index is 12.0. The van der Waals surface area contributed by atoms with E-state index in [-0.39, 0.29) is 17.2 Å².